The van der Waals surface area contributed by atoms with E-state index in [0.717, 1.165) is 0 Å². The summed E-state index contributed by atoms with van der Waals surface area (Å²) in [5.74, 6) is -0.631. The summed E-state index contributed by atoms with van der Waals surface area (Å²) in [6, 6.07) is 7.52. The molecule has 2 rings (SSSR count). The van der Waals surface area contributed by atoms with Crippen molar-refractivity contribution in [3.8, 4) is 5.75 Å². The first kappa shape index (κ1) is 15.2. The molecule has 110 valence electrons. The number of nitrogens with zero attached hydrogens (tertiary/aromatic N) is 3. The van der Waals surface area contributed by atoms with Crippen LogP contribution in [0.5, 0.6) is 5.75 Å². The van der Waals surface area contributed by atoms with E-state index in [-0.39, 0.29) is 29.0 Å². The van der Waals surface area contributed by atoms with Crippen molar-refractivity contribution in [2.75, 3.05) is 14.2 Å². The molecule has 1 aromatic heterocycles. The molecule has 1 aromatic carbocycles. The fourth-order valence-corrected chi connectivity index (χ4v) is 1.88. The summed E-state index contributed by atoms with van der Waals surface area (Å²) in [6.07, 6.45) is 0. The third-order valence-corrected chi connectivity index (χ3v) is 3.04. The zero-order chi connectivity index (χ0) is 15.4. The molecule has 0 N–H and O–H groups in total. The molecule has 21 heavy (non-hydrogen) atoms. The van der Waals surface area contributed by atoms with Gasteiger partial charge in [-0.3, -0.25) is 4.79 Å². The molecular formula is C14H13ClFN3O2. The molecule has 0 saturated heterocycles. The topological polar surface area (TPSA) is 55.3 Å². The van der Waals surface area contributed by atoms with Gasteiger partial charge in [-0.2, -0.15) is 0 Å². The summed E-state index contributed by atoms with van der Waals surface area (Å²) >= 11 is 5.62. The maximum atomic E-state index is 13.6. The summed E-state index contributed by atoms with van der Waals surface area (Å²) in [5.41, 5.74) is 0.821. The van der Waals surface area contributed by atoms with E-state index < -0.39 is 5.82 Å². The highest BCUT2D eigenvalue weighted by Gasteiger charge is 2.15. The van der Waals surface area contributed by atoms with Crippen molar-refractivity contribution in [3.63, 3.8) is 0 Å². The lowest BCUT2D eigenvalue weighted by molar-refractivity contribution is 0.0778. The van der Waals surface area contributed by atoms with Crippen LogP contribution < -0.4 is 4.74 Å². The Morgan fingerprint density at radius 2 is 2.10 bits per heavy atom. The maximum Gasteiger partial charge on any atom is 0.274 e. The van der Waals surface area contributed by atoms with E-state index in [1.54, 1.807) is 13.1 Å². The van der Waals surface area contributed by atoms with Gasteiger partial charge in [0.2, 0.25) is 0 Å². The predicted molar refractivity (Wildman–Crippen MR) is 75.8 cm³/mol. The second-order valence-corrected chi connectivity index (χ2v) is 4.76. The van der Waals surface area contributed by atoms with Gasteiger partial charge in [0.05, 0.1) is 7.11 Å². The lowest BCUT2D eigenvalue weighted by Crippen LogP contribution is -2.27. The largest absolute Gasteiger partial charge is 0.494 e. The van der Waals surface area contributed by atoms with Crippen LogP contribution in [0.1, 0.15) is 16.1 Å². The molecule has 5 nitrogen and oxygen atoms in total. The number of halogens is 2. The second kappa shape index (κ2) is 6.49. The SMILES string of the molecule is COc1ccc(CN(C)C(=O)c2ccc(Cl)nn2)cc1F. The highest BCUT2D eigenvalue weighted by atomic mass is 35.5. The molecule has 0 aliphatic heterocycles. The molecule has 0 fully saturated rings. The zero-order valence-electron chi connectivity index (χ0n) is 11.5. The molecule has 0 radical (unpaired) electrons. The Morgan fingerprint density at radius 3 is 2.67 bits per heavy atom. The quantitative estimate of drug-likeness (QED) is 0.871. The van der Waals surface area contributed by atoms with Crippen LogP contribution in [0, 0.1) is 5.82 Å². The smallest absolute Gasteiger partial charge is 0.274 e. The van der Waals surface area contributed by atoms with Gasteiger partial charge in [0, 0.05) is 13.6 Å². The van der Waals surface area contributed by atoms with Crippen LogP contribution in [-0.2, 0) is 6.54 Å². The molecule has 2 aromatic rings. The van der Waals surface area contributed by atoms with Gasteiger partial charge in [-0.25, -0.2) is 4.39 Å². The molecule has 0 atom stereocenters. The Balaban J connectivity index is 2.10. The Hall–Kier alpha value is -2.21. The highest BCUT2D eigenvalue weighted by Crippen LogP contribution is 2.18. The van der Waals surface area contributed by atoms with Gasteiger partial charge in [-0.15, -0.1) is 10.2 Å². The van der Waals surface area contributed by atoms with E-state index in [2.05, 4.69) is 10.2 Å². The van der Waals surface area contributed by atoms with Crippen LogP contribution in [0.15, 0.2) is 30.3 Å². The number of benzene rings is 1. The summed E-state index contributed by atoms with van der Waals surface area (Å²) in [7, 11) is 2.99. The molecule has 1 amide bonds. The average Bonchev–Trinajstić information content (AvgIpc) is 2.47. The number of ether oxygens (including phenoxy) is 1. The molecule has 0 spiro atoms. The third-order valence-electron chi connectivity index (χ3n) is 2.83. The Labute approximate surface area is 126 Å². The van der Waals surface area contributed by atoms with E-state index >= 15 is 0 Å². The van der Waals surface area contributed by atoms with E-state index in [9.17, 15) is 9.18 Å². The molecule has 7 heteroatoms. The van der Waals surface area contributed by atoms with Gasteiger partial charge < -0.3 is 9.64 Å². The number of methoxy groups -OCH3 is 1. The minimum atomic E-state index is -0.470. The van der Waals surface area contributed by atoms with Gasteiger partial charge in [0.25, 0.3) is 5.91 Å². The first-order valence-corrected chi connectivity index (χ1v) is 6.46. The van der Waals surface area contributed by atoms with Crippen LogP contribution in [0.2, 0.25) is 5.15 Å². The normalized spacial score (nSPS) is 10.3. The Bertz CT molecular complexity index is 649. The first-order valence-electron chi connectivity index (χ1n) is 6.08. The molecule has 0 aliphatic carbocycles. The number of amides is 1. The number of hydrogen-bond donors (Lipinski definition) is 0. The van der Waals surface area contributed by atoms with E-state index in [1.807, 2.05) is 0 Å². The minimum absolute atomic E-state index is 0.163. The van der Waals surface area contributed by atoms with Gasteiger partial charge in [0.15, 0.2) is 22.4 Å². The van der Waals surface area contributed by atoms with Crippen molar-refractivity contribution < 1.29 is 13.9 Å². The lowest BCUT2D eigenvalue weighted by atomic mass is 10.2. The molecular weight excluding hydrogens is 297 g/mol. The number of rotatable bonds is 4. The summed E-state index contributed by atoms with van der Waals surface area (Å²) < 4.78 is 18.5. The van der Waals surface area contributed by atoms with E-state index in [1.165, 1.54) is 36.3 Å². The van der Waals surface area contributed by atoms with E-state index in [0.29, 0.717) is 5.56 Å². The fourth-order valence-electron chi connectivity index (χ4n) is 1.78. The molecule has 0 bridgehead atoms. The summed E-state index contributed by atoms with van der Waals surface area (Å²) in [5, 5.41) is 7.55. The van der Waals surface area contributed by atoms with Gasteiger partial charge in [0.1, 0.15) is 0 Å². The second-order valence-electron chi connectivity index (χ2n) is 4.37. The van der Waals surface area contributed by atoms with Crippen LogP contribution in [0.25, 0.3) is 0 Å². The fraction of sp³-hybridized carbons (Fsp3) is 0.214. The van der Waals surface area contributed by atoms with Gasteiger partial charge >= 0.3 is 0 Å². The average molecular weight is 310 g/mol. The number of aromatic nitrogens is 2. The van der Waals surface area contributed by atoms with Crippen LogP contribution in [0.3, 0.4) is 0 Å². The summed E-state index contributed by atoms with van der Waals surface area (Å²) in [6.45, 7) is 0.240. The van der Waals surface area contributed by atoms with Crippen molar-refractivity contribution in [2.45, 2.75) is 6.54 Å². The monoisotopic (exact) mass is 309 g/mol. The van der Waals surface area contributed by atoms with Crippen molar-refractivity contribution in [3.05, 3.63) is 52.6 Å². The van der Waals surface area contributed by atoms with Gasteiger partial charge in [-0.05, 0) is 29.8 Å². The minimum Gasteiger partial charge on any atom is -0.494 e. The van der Waals surface area contributed by atoms with Crippen molar-refractivity contribution in [1.82, 2.24) is 15.1 Å². The van der Waals surface area contributed by atoms with Crippen molar-refractivity contribution in [1.29, 1.82) is 0 Å². The molecule has 0 saturated carbocycles. The van der Waals surface area contributed by atoms with Crippen LogP contribution in [-0.4, -0.2) is 35.2 Å². The van der Waals surface area contributed by atoms with Crippen LogP contribution >= 0.6 is 11.6 Å². The van der Waals surface area contributed by atoms with Gasteiger partial charge in [-0.1, -0.05) is 17.7 Å². The third kappa shape index (κ3) is 3.66. The van der Waals surface area contributed by atoms with Crippen LogP contribution in [0.4, 0.5) is 4.39 Å². The van der Waals surface area contributed by atoms with E-state index in [4.69, 9.17) is 16.3 Å². The Morgan fingerprint density at radius 1 is 1.33 bits per heavy atom. The van der Waals surface area contributed by atoms with Crippen molar-refractivity contribution >= 4 is 17.5 Å². The summed E-state index contributed by atoms with van der Waals surface area (Å²) in [4.78, 5) is 13.5. The molecule has 0 unspecified atom stereocenters. The maximum absolute atomic E-state index is 13.6. The standard InChI is InChI=1S/C14H13ClFN3O2/c1-19(14(20)11-4-6-13(15)18-17-11)8-9-3-5-12(21-2)10(16)7-9/h3-7H,8H2,1-2H3. The Kier molecular flexibility index (Phi) is 4.70. The molecule has 1 heterocycles. The van der Waals surface area contributed by atoms with Crippen molar-refractivity contribution in [2.24, 2.45) is 0 Å². The number of carbonyl (C=O) groups excluding carboxylic acids is 1. The highest BCUT2D eigenvalue weighted by molar-refractivity contribution is 6.29. The lowest BCUT2D eigenvalue weighted by Gasteiger charge is -2.17. The predicted octanol–water partition coefficient (Wildman–Crippen LogP) is 2.55. The number of carbonyl (C=O) groups is 1. The zero-order valence-corrected chi connectivity index (χ0v) is 12.3. The molecule has 0 aliphatic rings. The number of hydrogen-bond acceptors (Lipinski definition) is 4. The first-order chi connectivity index (χ1) is 10.0.